The van der Waals surface area contributed by atoms with E-state index in [1.807, 2.05) is 24.3 Å². The fraction of sp³-hybridized carbons (Fsp3) is 0.250. The summed E-state index contributed by atoms with van der Waals surface area (Å²) in [7, 11) is 6.48. The van der Waals surface area contributed by atoms with E-state index in [-0.39, 0.29) is 15.0 Å². The molecule has 0 amide bonds. The Balaban J connectivity index is 2.05. The van der Waals surface area contributed by atoms with Gasteiger partial charge in [-0.1, -0.05) is 0 Å². The molecule has 0 radical (unpaired) electrons. The van der Waals surface area contributed by atoms with Crippen LogP contribution in [0.1, 0.15) is 0 Å². The SMILES string of the molecule is COc1cc2c(cc1OC)[Se]c1cc(OC)c(OC)cc1O2. The molecule has 3 rings (SSSR count). The van der Waals surface area contributed by atoms with Gasteiger partial charge in [-0.2, -0.15) is 0 Å². The van der Waals surface area contributed by atoms with E-state index in [2.05, 4.69) is 0 Å². The minimum atomic E-state index is 0.0853. The molecular weight excluding hydrogens is 351 g/mol. The molecule has 0 aliphatic carbocycles. The van der Waals surface area contributed by atoms with Crippen LogP contribution in [-0.2, 0) is 0 Å². The van der Waals surface area contributed by atoms with Crippen LogP contribution in [-0.4, -0.2) is 43.4 Å². The number of fused-ring (bicyclic) bond motifs is 2. The monoisotopic (exact) mass is 368 g/mol. The first kappa shape index (κ1) is 14.9. The summed E-state index contributed by atoms with van der Waals surface area (Å²) in [6.45, 7) is 0. The molecule has 0 saturated heterocycles. The summed E-state index contributed by atoms with van der Waals surface area (Å²) >= 11 is 0.0853. The predicted molar refractivity (Wildman–Crippen MR) is 84.2 cm³/mol. The first-order chi connectivity index (χ1) is 10.7. The average Bonchev–Trinajstić information content (AvgIpc) is 2.57. The zero-order chi connectivity index (χ0) is 15.7. The van der Waals surface area contributed by atoms with Crippen LogP contribution in [0.15, 0.2) is 24.3 Å². The van der Waals surface area contributed by atoms with E-state index in [0.717, 1.165) is 20.4 Å². The Labute approximate surface area is 135 Å². The Bertz CT molecular complexity index is 595. The van der Waals surface area contributed by atoms with Crippen molar-refractivity contribution in [1.82, 2.24) is 0 Å². The maximum absolute atomic E-state index is 6.01. The number of rotatable bonds is 4. The van der Waals surface area contributed by atoms with Crippen molar-refractivity contribution in [3.63, 3.8) is 0 Å². The van der Waals surface area contributed by atoms with Crippen LogP contribution in [0, 0.1) is 0 Å². The molecule has 0 aromatic heterocycles. The summed E-state index contributed by atoms with van der Waals surface area (Å²) in [5.41, 5.74) is 0. The molecule has 116 valence electrons. The molecule has 6 heteroatoms. The standard InChI is InChI=1S/C16H16O5Se/c1-17-9-5-13-15(7-11(9)19-3)22-16-8-12(20-4)10(18-2)6-14(16)21-13/h5-8H,1-4H3. The molecule has 2 aromatic rings. The molecule has 5 nitrogen and oxygen atoms in total. The predicted octanol–water partition coefficient (Wildman–Crippen LogP) is 1.48. The van der Waals surface area contributed by atoms with Crippen LogP contribution in [0.25, 0.3) is 0 Å². The zero-order valence-corrected chi connectivity index (χ0v) is 14.5. The van der Waals surface area contributed by atoms with Crippen molar-refractivity contribution in [2.75, 3.05) is 28.4 Å². The van der Waals surface area contributed by atoms with Gasteiger partial charge in [0.15, 0.2) is 0 Å². The summed E-state index contributed by atoms with van der Waals surface area (Å²) in [6.07, 6.45) is 0. The van der Waals surface area contributed by atoms with Gasteiger partial charge in [-0.15, -0.1) is 0 Å². The molecular formula is C16H16O5Se. The van der Waals surface area contributed by atoms with Gasteiger partial charge in [0.25, 0.3) is 0 Å². The fourth-order valence-electron chi connectivity index (χ4n) is 2.24. The summed E-state index contributed by atoms with van der Waals surface area (Å²) in [4.78, 5) is 0. The first-order valence-electron chi connectivity index (χ1n) is 6.58. The third-order valence-corrected chi connectivity index (χ3v) is 5.60. The van der Waals surface area contributed by atoms with E-state index in [1.165, 1.54) is 0 Å². The third-order valence-electron chi connectivity index (χ3n) is 3.34. The Morgan fingerprint density at radius 3 is 1.36 bits per heavy atom. The Morgan fingerprint density at radius 1 is 0.636 bits per heavy atom. The van der Waals surface area contributed by atoms with Gasteiger partial charge in [0.1, 0.15) is 0 Å². The molecule has 0 saturated carbocycles. The Morgan fingerprint density at radius 2 is 1.00 bits per heavy atom. The van der Waals surface area contributed by atoms with E-state index >= 15 is 0 Å². The van der Waals surface area contributed by atoms with Crippen molar-refractivity contribution < 1.29 is 23.7 Å². The van der Waals surface area contributed by atoms with E-state index < -0.39 is 0 Å². The van der Waals surface area contributed by atoms with E-state index in [1.54, 1.807) is 28.4 Å². The van der Waals surface area contributed by atoms with Crippen LogP contribution < -0.4 is 32.6 Å². The maximum atomic E-state index is 6.01. The second-order valence-corrected chi connectivity index (χ2v) is 6.79. The van der Waals surface area contributed by atoms with Gasteiger partial charge in [-0.3, -0.25) is 0 Å². The van der Waals surface area contributed by atoms with E-state index in [9.17, 15) is 0 Å². The van der Waals surface area contributed by atoms with E-state index in [0.29, 0.717) is 23.0 Å². The van der Waals surface area contributed by atoms with Crippen LogP contribution in [0.5, 0.6) is 34.5 Å². The molecule has 1 aliphatic heterocycles. The van der Waals surface area contributed by atoms with Crippen molar-refractivity contribution in [3.8, 4) is 34.5 Å². The van der Waals surface area contributed by atoms with Crippen molar-refractivity contribution in [1.29, 1.82) is 0 Å². The minimum absolute atomic E-state index is 0.0853. The van der Waals surface area contributed by atoms with Gasteiger partial charge in [0, 0.05) is 0 Å². The molecule has 0 fully saturated rings. The number of methoxy groups -OCH3 is 4. The normalized spacial score (nSPS) is 11.8. The summed E-state index contributed by atoms with van der Waals surface area (Å²) in [5.74, 6) is 4.29. The zero-order valence-electron chi connectivity index (χ0n) is 12.8. The Hall–Kier alpha value is -2.04. The Kier molecular flexibility index (Phi) is 4.05. The fourth-order valence-corrected chi connectivity index (χ4v) is 4.28. The number of hydrogen-bond donors (Lipinski definition) is 0. The van der Waals surface area contributed by atoms with Gasteiger partial charge in [0.2, 0.25) is 0 Å². The molecule has 0 unspecified atom stereocenters. The average molecular weight is 367 g/mol. The topological polar surface area (TPSA) is 46.2 Å². The van der Waals surface area contributed by atoms with Crippen molar-refractivity contribution in [2.24, 2.45) is 0 Å². The van der Waals surface area contributed by atoms with Crippen molar-refractivity contribution in [3.05, 3.63) is 24.3 Å². The van der Waals surface area contributed by atoms with Gasteiger partial charge in [-0.05, 0) is 0 Å². The van der Waals surface area contributed by atoms with Crippen LogP contribution >= 0.6 is 0 Å². The molecule has 0 bridgehead atoms. The van der Waals surface area contributed by atoms with Crippen molar-refractivity contribution >= 4 is 23.9 Å². The second-order valence-electron chi connectivity index (χ2n) is 4.51. The molecule has 0 atom stereocenters. The van der Waals surface area contributed by atoms with Gasteiger partial charge >= 0.3 is 135 Å². The summed E-state index contributed by atoms with van der Waals surface area (Å²) in [6, 6.07) is 7.65. The van der Waals surface area contributed by atoms with Crippen LogP contribution in [0.4, 0.5) is 0 Å². The first-order valence-corrected chi connectivity index (χ1v) is 8.29. The molecule has 2 aromatic carbocycles. The number of hydrogen-bond acceptors (Lipinski definition) is 5. The quantitative estimate of drug-likeness (QED) is 0.654. The molecule has 0 spiro atoms. The van der Waals surface area contributed by atoms with E-state index in [4.69, 9.17) is 23.7 Å². The van der Waals surface area contributed by atoms with Gasteiger partial charge in [0.05, 0.1) is 0 Å². The van der Waals surface area contributed by atoms with Crippen LogP contribution in [0.3, 0.4) is 0 Å². The summed E-state index contributed by atoms with van der Waals surface area (Å²) in [5, 5.41) is 0. The molecule has 0 N–H and O–H groups in total. The third kappa shape index (κ3) is 2.45. The van der Waals surface area contributed by atoms with Gasteiger partial charge in [-0.25, -0.2) is 0 Å². The molecule has 22 heavy (non-hydrogen) atoms. The second kappa shape index (κ2) is 5.99. The van der Waals surface area contributed by atoms with Gasteiger partial charge < -0.3 is 0 Å². The molecule has 1 heterocycles. The van der Waals surface area contributed by atoms with Crippen LogP contribution in [0.2, 0.25) is 0 Å². The molecule has 1 aliphatic rings. The number of benzene rings is 2. The summed E-state index contributed by atoms with van der Waals surface area (Å²) < 4.78 is 29.6. The number of ether oxygens (including phenoxy) is 5. The van der Waals surface area contributed by atoms with Crippen molar-refractivity contribution in [2.45, 2.75) is 0 Å².